The average molecular weight is 248 g/mol. The zero-order chi connectivity index (χ0) is 13.0. The lowest BCUT2D eigenvalue weighted by atomic mass is 9.78. The van der Waals surface area contributed by atoms with Crippen LogP contribution in [0.3, 0.4) is 0 Å². The van der Waals surface area contributed by atoms with Crippen molar-refractivity contribution in [2.75, 3.05) is 13.2 Å². The predicted molar refractivity (Wildman–Crippen MR) is 70.6 cm³/mol. The number of amides is 2. The first-order valence-electron chi connectivity index (χ1n) is 6.43. The summed E-state index contributed by atoms with van der Waals surface area (Å²) in [6.45, 7) is 2.65. The highest BCUT2D eigenvalue weighted by atomic mass is 16.3. The first-order valence-corrected chi connectivity index (χ1v) is 6.43. The minimum Gasteiger partial charge on any atom is -0.396 e. The van der Waals surface area contributed by atoms with Crippen LogP contribution in [0.25, 0.3) is 0 Å². The lowest BCUT2D eigenvalue weighted by Crippen LogP contribution is -2.43. The maximum absolute atomic E-state index is 11.6. The van der Waals surface area contributed by atoms with Gasteiger partial charge in [0.25, 0.3) is 0 Å². The summed E-state index contributed by atoms with van der Waals surface area (Å²) in [4.78, 5) is 11.6. The van der Waals surface area contributed by atoms with Crippen molar-refractivity contribution < 1.29 is 9.90 Å². The second kappa shape index (κ2) is 5.87. The van der Waals surface area contributed by atoms with Crippen molar-refractivity contribution in [1.82, 2.24) is 10.6 Å². The van der Waals surface area contributed by atoms with Crippen LogP contribution in [0.4, 0.5) is 4.79 Å². The summed E-state index contributed by atoms with van der Waals surface area (Å²) >= 11 is 0. The van der Waals surface area contributed by atoms with Crippen LogP contribution < -0.4 is 10.6 Å². The molecule has 0 bridgehead atoms. The van der Waals surface area contributed by atoms with Gasteiger partial charge in [0, 0.05) is 25.1 Å². The van der Waals surface area contributed by atoms with E-state index in [0.29, 0.717) is 18.9 Å². The number of benzene rings is 1. The molecule has 1 aromatic rings. The van der Waals surface area contributed by atoms with Gasteiger partial charge in [-0.15, -0.1) is 0 Å². The van der Waals surface area contributed by atoms with Gasteiger partial charge in [-0.1, -0.05) is 24.3 Å². The highest BCUT2D eigenvalue weighted by Crippen LogP contribution is 2.33. The summed E-state index contributed by atoms with van der Waals surface area (Å²) in [5.74, 6) is 0.445. The molecule has 3 N–H and O–H groups in total. The van der Waals surface area contributed by atoms with E-state index in [-0.39, 0.29) is 18.7 Å². The number of rotatable bonds is 5. The molecule has 1 aliphatic rings. The highest BCUT2D eigenvalue weighted by molar-refractivity contribution is 5.74. The zero-order valence-electron chi connectivity index (χ0n) is 10.6. The van der Waals surface area contributed by atoms with Crippen LogP contribution in [0.5, 0.6) is 0 Å². The number of carbonyl (C=O) groups is 1. The Morgan fingerprint density at radius 1 is 1.50 bits per heavy atom. The van der Waals surface area contributed by atoms with E-state index in [4.69, 9.17) is 5.11 Å². The molecule has 0 spiro atoms. The standard InChI is InChI=1S/C14H20N2O2/c1-10(6-7-17)16-14(18)15-9-12-8-11-4-2-3-5-13(11)12/h2-5,10,12,17H,6-9H2,1H3,(H2,15,16,18)/t10-,12?/m1/s1. The topological polar surface area (TPSA) is 61.4 Å². The third kappa shape index (κ3) is 3.01. The second-order valence-corrected chi connectivity index (χ2v) is 4.87. The van der Waals surface area contributed by atoms with Gasteiger partial charge in [-0.2, -0.15) is 0 Å². The van der Waals surface area contributed by atoms with Gasteiger partial charge in [0.1, 0.15) is 0 Å². The van der Waals surface area contributed by atoms with E-state index in [2.05, 4.69) is 22.8 Å². The maximum atomic E-state index is 11.6. The predicted octanol–water partition coefficient (Wildman–Crippen LogP) is 1.40. The number of hydrogen-bond donors (Lipinski definition) is 3. The van der Waals surface area contributed by atoms with E-state index in [9.17, 15) is 4.79 Å². The lowest BCUT2D eigenvalue weighted by molar-refractivity contribution is 0.230. The molecule has 4 nitrogen and oxygen atoms in total. The lowest BCUT2D eigenvalue weighted by Gasteiger charge is -2.30. The van der Waals surface area contributed by atoms with E-state index < -0.39 is 0 Å². The van der Waals surface area contributed by atoms with Gasteiger partial charge in [-0.3, -0.25) is 0 Å². The fourth-order valence-corrected chi connectivity index (χ4v) is 2.30. The first kappa shape index (κ1) is 12.9. The number of fused-ring (bicyclic) bond motifs is 1. The first-order chi connectivity index (χ1) is 8.70. The largest absolute Gasteiger partial charge is 0.396 e. The fraction of sp³-hybridized carbons (Fsp3) is 0.500. The minimum atomic E-state index is -0.152. The monoisotopic (exact) mass is 248 g/mol. The summed E-state index contributed by atoms with van der Waals surface area (Å²) in [7, 11) is 0. The Morgan fingerprint density at radius 2 is 2.28 bits per heavy atom. The van der Waals surface area contributed by atoms with E-state index in [1.807, 2.05) is 19.1 Å². The molecule has 2 rings (SSSR count). The van der Waals surface area contributed by atoms with E-state index in [0.717, 1.165) is 6.42 Å². The van der Waals surface area contributed by atoms with Crippen molar-refractivity contribution >= 4 is 6.03 Å². The fourth-order valence-electron chi connectivity index (χ4n) is 2.30. The molecule has 1 aromatic carbocycles. The molecule has 0 heterocycles. The third-order valence-electron chi connectivity index (χ3n) is 3.41. The normalized spacial score (nSPS) is 18.4. The molecule has 0 aliphatic heterocycles. The number of aliphatic hydroxyl groups excluding tert-OH is 1. The van der Waals surface area contributed by atoms with Gasteiger partial charge in [0.05, 0.1) is 0 Å². The van der Waals surface area contributed by atoms with Crippen LogP contribution in [0.1, 0.15) is 30.4 Å². The van der Waals surface area contributed by atoms with E-state index in [1.165, 1.54) is 11.1 Å². The summed E-state index contributed by atoms with van der Waals surface area (Å²) < 4.78 is 0. The average Bonchev–Trinajstić information content (AvgIpc) is 2.30. The SMILES string of the molecule is C[C@H](CCO)NC(=O)NCC1Cc2ccccc21. The van der Waals surface area contributed by atoms with Crippen molar-refractivity contribution in [1.29, 1.82) is 0 Å². The van der Waals surface area contributed by atoms with Crippen LogP contribution in [-0.4, -0.2) is 30.3 Å². The Hall–Kier alpha value is -1.55. The van der Waals surface area contributed by atoms with Crippen LogP contribution in [-0.2, 0) is 6.42 Å². The number of aliphatic hydroxyl groups is 1. The van der Waals surface area contributed by atoms with Gasteiger partial charge >= 0.3 is 6.03 Å². The molecule has 18 heavy (non-hydrogen) atoms. The number of urea groups is 1. The van der Waals surface area contributed by atoms with Crippen molar-refractivity contribution in [3.63, 3.8) is 0 Å². The summed E-state index contributed by atoms with van der Waals surface area (Å²) in [6.07, 6.45) is 1.63. The molecule has 1 unspecified atom stereocenters. The summed E-state index contributed by atoms with van der Waals surface area (Å²) in [6, 6.07) is 8.19. The Balaban J connectivity index is 1.72. The van der Waals surface area contributed by atoms with Crippen molar-refractivity contribution in [2.24, 2.45) is 0 Å². The van der Waals surface area contributed by atoms with Gasteiger partial charge in [0.15, 0.2) is 0 Å². The van der Waals surface area contributed by atoms with Gasteiger partial charge < -0.3 is 15.7 Å². The molecule has 0 aromatic heterocycles. The van der Waals surface area contributed by atoms with Gasteiger partial charge in [0.2, 0.25) is 0 Å². The number of nitrogens with one attached hydrogen (secondary N) is 2. The van der Waals surface area contributed by atoms with Gasteiger partial charge in [-0.25, -0.2) is 4.79 Å². The zero-order valence-corrected chi connectivity index (χ0v) is 10.6. The third-order valence-corrected chi connectivity index (χ3v) is 3.41. The van der Waals surface area contributed by atoms with Gasteiger partial charge in [-0.05, 0) is 30.9 Å². The highest BCUT2D eigenvalue weighted by Gasteiger charge is 2.25. The van der Waals surface area contributed by atoms with Crippen LogP contribution >= 0.6 is 0 Å². The molecule has 0 saturated heterocycles. The van der Waals surface area contributed by atoms with Crippen LogP contribution in [0.15, 0.2) is 24.3 Å². The van der Waals surface area contributed by atoms with E-state index in [1.54, 1.807) is 0 Å². The molecule has 0 fully saturated rings. The summed E-state index contributed by atoms with van der Waals surface area (Å²) in [5.41, 5.74) is 2.74. The van der Waals surface area contributed by atoms with Crippen LogP contribution in [0, 0.1) is 0 Å². The Kier molecular flexibility index (Phi) is 4.20. The molecule has 2 atom stereocenters. The quantitative estimate of drug-likeness (QED) is 0.737. The molecule has 2 amide bonds. The minimum absolute atomic E-state index is 0.00340. The van der Waals surface area contributed by atoms with Crippen LogP contribution in [0.2, 0.25) is 0 Å². The molecule has 1 aliphatic carbocycles. The molecule has 0 saturated carbocycles. The second-order valence-electron chi connectivity index (χ2n) is 4.87. The number of carbonyl (C=O) groups excluding carboxylic acids is 1. The van der Waals surface area contributed by atoms with Crippen molar-refractivity contribution in [2.45, 2.75) is 31.7 Å². The van der Waals surface area contributed by atoms with Crippen molar-refractivity contribution in [3.05, 3.63) is 35.4 Å². The molecular formula is C14H20N2O2. The smallest absolute Gasteiger partial charge is 0.315 e. The molecule has 0 radical (unpaired) electrons. The van der Waals surface area contributed by atoms with Crippen molar-refractivity contribution in [3.8, 4) is 0 Å². The molecule has 4 heteroatoms. The Bertz CT molecular complexity index is 420. The Labute approximate surface area is 107 Å². The molecule has 98 valence electrons. The maximum Gasteiger partial charge on any atom is 0.315 e. The van der Waals surface area contributed by atoms with E-state index >= 15 is 0 Å². The molecular weight excluding hydrogens is 228 g/mol. The Morgan fingerprint density at radius 3 is 3.00 bits per heavy atom. The number of hydrogen-bond acceptors (Lipinski definition) is 2. The summed E-state index contributed by atoms with van der Waals surface area (Å²) in [5, 5.41) is 14.4.